The largest absolute Gasteiger partial charge is 0.507 e. The first kappa shape index (κ1) is 21.9. The summed E-state index contributed by atoms with van der Waals surface area (Å²) in [5.74, 6) is -0.886. The number of fused-ring (bicyclic) bond motifs is 1. The third-order valence-electron chi connectivity index (χ3n) is 5.25. The molecule has 4 rings (SSSR count). The van der Waals surface area contributed by atoms with Crippen molar-refractivity contribution in [1.29, 1.82) is 0 Å². The van der Waals surface area contributed by atoms with Gasteiger partial charge in [-0.2, -0.15) is 0 Å². The molecule has 1 N–H and O–H groups in total. The van der Waals surface area contributed by atoms with Crippen molar-refractivity contribution in [3.8, 4) is 22.6 Å². The summed E-state index contributed by atoms with van der Waals surface area (Å²) in [6, 6.07) is 11.6. The average molecular weight is 439 g/mol. The highest BCUT2D eigenvalue weighted by Gasteiger charge is 2.25. The number of ether oxygens (including phenoxy) is 3. The van der Waals surface area contributed by atoms with Crippen molar-refractivity contribution in [1.82, 2.24) is 4.90 Å². The molecule has 1 aliphatic rings. The third kappa shape index (κ3) is 4.61. The molecule has 0 radical (unpaired) electrons. The van der Waals surface area contributed by atoms with Crippen molar-refractivity contribution >= 4 is 16.9 Å². The van der Waals surface area contributed by atoms with Crippen molar-refractivity contribution in [3.05, 3.63) is 58.4 Å². The number of phenols is 1. The maximum absolute atomic E-state index is 13.3. The Bertz CT molecular complexity index is 1150. The van der Waals surface area contributed by atoms with E-state index < -0.39 is 11.4 Å². The molecular formula is C24H25NO7. The summed E-state index contributed by atoms with van der Waals surface area (Å²) < 4.78 is 22.0. The van der Waals surface area contributed by atoms with Crippen molar-refractivity contribution in [2.24, 2.45) is 0 Å². The maximum atomic E-state index is 13.3. The summed E-state index contributed by atoms with van der Waals surface area (Å²) >= 11 is 0. The Morgan fingerprint density at radius 2 is 1.91 bits per heavy atom. The zero-order chi connectivity index (χ0) is 22.5. The summed E-state index contributed by atoms with van der Waals surface area (Å²) in [4.78, 5) is 28.1. The van der Waals surface area contributed by atoms with Crippen molar-refractivity contribution in [2.45, 2.75) is 6.92 Å². The number of morpholine rings is 1. The minimum atomic E-state index is -0.747. The predicted octanol–water partition coefficient (Wildman–Crippen LogP) is 3.05. The molecule has 32 heavy (non-hydrogen) atoms. The van der Waals surface area contributed by atoms with Crippen LogP contribution >= 0.6 is 0 Å². The van der Waals surface area contributed by atoms with E-state index in [1.807, 2.05) is 0 Å². The average Bonchev–Trinajstić information content (AvgIpc) is 2.80. The van der Waals surface area contributed by atoms with Crippen molar-refractivity contribution < 1.29 is 28.5 Å². The van der Waals surface area contributed by atoms with Crippen LogP contribution < -0.4 is 10.2 Å². The van der Waals surface area contributed by atoms with Gasteiger partial charge in [-0.3, -0.25) is 9.69 Å². The number of phenolic OH excluding ortho intramolecular Hbond substituents is 1. The molecule has 8 nitrogen and oxygen atoms in total. The lowest BCUT2D eigenvalue weighted by atomic mass is 10.0. The Kier molecular flexibility index (Phi) is 6.72. The highest BCUT2D eigenvalue weighted by atomic mass is 16.5. The topological polar surface area (TPSA) is 98.4 Å². The first-order valence-electron chi connectivity index (χ1n) is 10.6. The standard InChI is InChI=1S/C24H25NO7/c1-2-30-24(28)23-20(16-6-4-3-5-7-16)22(27)21-18(26)14-17(15-19(21)32-23)31-13-10-25-8-11-29-12-9-25/h3-7,14-15,26H,2,8-13H2,1H3. The Morgan fingerprint density at radius 3 is 2.62 bits per heavy atom. The minimum absolute atomic E-state index is 0.0163. The normalized spacial score (nSPS) is 14.4. The van der Waals surface area contributed by atoms with Crippen molar-refractivity contribution in [3.63, 3.8) is 0 Å². The van der Waals surface area contributed by atoms with Crippen LogP contribution in [-0.4, -0.2) is 62.0 Å². The summed E-state index contributed by atoms with van der Waals surface area (Å²) in [6.07, 6.45) is 0. The Balaban J connectivity index is 1.71. The van der Waals surface area contributed by atoms with E-state index in [4.69, 9.17) is 18.6 Å². The number of esters is 1. The second-order valence-corrected chi connectivity index (χ2v) is 7.34. The van der Waals surface area contributed by atoms with Gasteiger partial charge in [0.1, 0.15) is 29.1 Å². The Hall–Kier alpha value is -3.36. The molecule has 2 aromatic carbocycles. The third-order valence-corrected chi connectivity index (χ3v) is 5.25. The molecule has 1 saturated heterocycles. The Labute approximate surface area is 184 Å². The summed E-state index contributed by atoms with van der Waals surface area (Å²) in [5.41, 5.74) is 0.0845. The van der Waals surface area contributed by atoms with Gasteiger partial charge in [-0.15, -0.1) is 0 Å². The monoisotopic (exact) mass is 439 g/mol. The zero-order valence-electron chi connectivity index (χ0n) is 17.8. The molecule has 3 aromatic rings. The second kappa shape index (κ2) is 9.84. The fraction of sp³-hybridized carbons (Fsp3) is 0.333. The van der Waals surface area contributed by atoms with Crippen LogP contribution in [-0.2, 0) is 9.47 Å². The number of carbonyl (C=O) groups excluding carboxylic acids is 1. The van der Waals surface area contributed by atoms with Crippen LogP contribution in [0, 0.1) is 0 Å². The van der Waals surface area contributed by atoms with Crippen LogP contribution in [0.4, 0.5) is 0 Å². The van der Waals surface area contributed by atoms with Gasteiger partial charge in [0.05, 0.1) is 25.4 Å². The number of hydrogen-bond donors (Lipinski definition) is 1. The molecule has 1 aromatic heterocycles. The smallest absolute Gasteiger partial charge is 0.375 e. The van der Waals surface area contributed by atoms with E-state index in [1.54, 1.807) is 37.3 Å². The van der Waals surface area contributed by atoms with E-state index in [9.17, 15) is 14.7 Å². The molecule has 0 unspecified atom stereocenters. The first-order valence-corrected chi connectivity index (χ1v) is 10.6. The molecule has 0 saturated carbocycles. The molecule has 168 valence electrons. The fourth-order valence-corrected chi connectivity index (χ4v) is 3.68. The lowest BCUT2D eigenvalue weighted by molar-refractivity contribution is 0.0322. The van der Waals surface area contributed by atoms with Crippen LogP contribution in [0.5, 0.6) is 11.5 Å². The quantitative estimate of drug-likeness (QED) is 0.561. The van der Waals surface area contributed by atoms with Gasteiger partial charge in [-0.25, -0.2) is 4.79 Å². The molecule has 0 spiro atoms. The molecule has 0 bridgehead atoms. The zero-order valence-corrected chi connectivity index (χ0v) is 17.8. The number of nitrogens with zero attached hydrogens (tertiary/aromatic N) is 1. The number of rotatable bonds is 7. The van der Waals surface area contributed by atoms with Crippen LogP contribution in [0.2, 0.25) is 0 Å². The van der Waals surface area contributed by atoms with Crippen LogP contribution in [0.15, 0.2) is 51.7 Å². The van der Waals surface area contributed by atoms with Gasteiger partial charge in [0.25, 0.3) is 0 Å². The number of benzene rings is 2. The van der Waals surface area contributed by atoms with E-state index >= 15 is 0 Å². The molecule has 1 fully saturated rings. The molecular weight excluding hydrogens is 414 g/mol. The van der Waals surface area contributed by atoms with Gasteiger partial charge in [0.15, 0.2) is 0 Å². The molecule has 0 aliphatic carbocycles. The second-order valence-electron chi connectivity index (χ2n) is 7.34. The van der Waals surface area contributed by atoms with Gasteiger partial charge < -0.3 is 23.7 Å². The van der Waals surface area contributed by atoms with Gasteiger partial charge in [0.2, 0.25) is 11.2 Å². The number of aromatic hydroxyl groups is 1. The van der Waals surface area contributed by atoms with Crippen LogP contribution in [0.3, 0.4) is 0 Å². The molecule has 0 amide bonds. The highest BCUT2D eigenvalue weighted by Crippen LogP contribution is 2.32. The summed E-state index contributed by atoms with van der Waals surface area (Å²) in [7, 11) is 0. The van der Waals surface area contributed by atoms with E-state index in [2.05, 4.69) is 4.90 Å². The maximum Gasteiger partial charge on any atom is 0.375 e. The summed E-state index contributed by atoms with van der Waals surface area (Å²) in [6.45, 7) is 5.97. The van der Waals surface area contributed by atoms with Crippen molar-refractivity contribution in [2.75, 3.05) is 46.1 Å². The molecule has 8 heteroatoms. The van der Waals surface area contributed by atoms with Gasteiger partial charge in [-0.1, -0.05) is 30.3 Å². The van der Waals surface area contributed by atoms with E-state index in [0.717, 1.165) is 13.1 Å². The number of carbonyl (C=O) groups is 1. The fourth-order valence-electron chi connectivity index (χ4n) is 3.68. The molecule has 1 aliphatic heterocycles. The Morgan fingerprint density at radius 1 is 1.16 bits per heavy atom. The van der Waals surface area contributed by atoms with Gasteiger partial charge in [0, 0.05) is 31.8 Å². The lowest BCUT2D eigenvalue weighted by Crippen LogP contribution is -2.38. The van der Waals surface area contributed by atoms with Gasteiger partial charge in [-0.05, 0) is 12.5 Å². The molecule has 0 atom stereocenters. The van der Waals surface area contributed by atoms with E-state index in [-0.39, 0.29) is 34.6 Å². The lowest BCUT2D eigenvalue weighted by Gasteiger charge is -2.26. The van der Waals surface area contributed by atoms with E-state index in [0.29, 0.717) is 37.7 Å². The summed E-state index contributed by atoms with van der Waals surface area (Å²) in [5, 5.41) is 10.6. The minimum Gasteiger partial charge on any atom is -0.507 e. The number of hydrogen-bond acceptors (Lipinski definition) is 8. The predicted molar refractivity (Wildman–Crippen MR) is 118 cm³/mol. The SMILES string of the molecule is CCOC(=O)c1oc2cc(OCCN3CCOCC3)cc(O)c2c(=O)c1-c1ccccc1. The van der Waals surface area contributed by atoms with Crippen LogP contribution in [0.1, 0.15) is 17.5 Å². The first-order chi connectivity index (χ1) is 15.6. The highest BCUT2D eigenvalue weighted by molar-refractivity contribution is 5.99. The van der Waals surface area contributed by atoms with Gasteiger partial charge >= 0.3 is 5.97 Å². The van der Waals surface area contributed by atoms with Crippen LogP contribution in [0.25, 0.3) is 22.1 Å². The van der Waals surface area contributed by atoms with E-state index in [1.165, 1.54) is 12.1 Å². The molecule has 2 heterocycles.